The SMILES string of the molecule is Cl.Cn1cc(CNC(=O)[C@H]2CCNC2)cn1. The fourth-order valence-corrected chi connectivity index (χ4v) is 1.78. The maximum absolute atomic E-state index is 11.6. The number of nitrogens with zero attached hydrogens (tertiary/aromatic N) is 2. The van der Waals surface area contributed by atoms with Gasteiger partial charge in [0, 0.05) is 31.9 Å². The molecule has 6 heteroatoms. The number of rotatable bonds is 3. The van der Waals surface area contributed by atoms with Gasteiger partial charge in [0.05, 0.1) is 12.1 Å². The molecule has 0 saturated carbocycles. The smallest absolute Gasteiger partial charge is 0.224 e. The Bertz CT molecular complexity index is 346. The van der Waals surface area contributed by atoms with E-state index >= 15 is 0 Å². The predicted octanol–water partition coefficient (Wildman–Crippen LogP) is 0.0676. The molecule has 2 N–H and O–H groups in total. The number of aryl methyl sites for hydroxylation is 1. The molecule has 0 spiro atoms. The summed E-state index contributed by atoms with van der Waals surface area (Å²) in [4.78, 5) is 11.6. The van der Waals surface area contributed by atoms with Crippen molar-refractivity contribution in [3.63, 3.8) is 0 Å². The van der Waals surface area contributed by atoms with E-state index in [1.54, 1.807) is 10.9 Å². The third-order valence-electron chi connectivity index (χ3n) is 2.66. The molecule has 2 heterocycles. The zero-order chi connectivity index (χ0) is 10.7. The Morgan fingerprint density at radius 3 is 3.12 bits per heavy atom. The van der Waals surface area contributed by atoms with Crippen LogP contribution >= 0.6 is 12.4 Å². The summed E-state index contributed by atoms with van der Waals surface area (Å²) >= 11 is 0. The minimum Gasteiger partial charge on any atom is -0.352 e. The fourth-order valence-electron chi connectivity index (χ4n) is 1.78. The molecule has 0 aliphatic carbocycles. The van der Waals surface area contributed by atoms with E-state index in [0.29, 0.717) is 6.54 Å². The first-order valence-corrected chi connectivity index (χ1v) is 5.21. The number of halogens is 1. The van der Waals surface area contributed by atoms with Gasteiger partial charge in [-0.15, -0.1) is 12.4 Å². The molecule has 1 fully saturated rings. The van der Waals surface area contributed by atoms with Crippen LogP contribution in [0.1, 0.15) is 12.0 Å². The number of nitrogens with one attached hydrogen (secondary N) is 2. The van der Waals surface area contributed by atoms with Gasteiger partial charge in [0.15, 0.2) is 0 Å². The van der Waals surface area contributed by atoms with Gasteiger partial charge in [0.25, 0.3) is 0 Å². The zero-order valence-electron chi connectivity index (χ0n) is 9.27. The Hall–Kier alpha value is -1.07. The summed E-state index contributed by atoms with van der Waals surface area (Å²) in [5.74, 6) is 0.283. The quantitative estimate of drug-likeness (QED) is 0.791. The first-order valence-electron chi connectivity index (χ1n) is 5.21. The second-order valence-corrected chi connectivity index (χ2v) is 3.93. The molecular formula is C10H17ClN4O. The molecule has 1 amide bonds. The maximum atomic E-state index is 11.6. The topological polar surface area (TPSA) is 59.0 Å². The number of amides is 1. The number of hydrogen-bond acceptors (Lipinski definition) is 3. The van der Waals surface area contributed by atoms with Crippen molar-refractivity contribution in [1.29, 1.82) is 0 Å². The Labute approximate surface area is 101 Å². The molecule has 1 aromatic heterocycles. The lowest BCUT2D eigenvalue weighted by atomic mass is 10.1. The molecule has 2 rings (SSSR count). The average Bonchev–Trinajstić information content (AvgIpc) is 2.84. The van der Waals surface area contributed by atoms with E-state index in [4.69, 9.17) is 0 Å². The molecule has 0 aromatic carbocycles. The van der Waals surface area contributed by atoms with Crippen LogP contribution < -0.4 is 10.6 Å². The largest absolute Gasteiger partial charge is 0.352 e. The molecule has 0 bridgehead atoms. The third kappa shape index (κ3) is 3.21. The second kappa shape index (κ2) is 5.86. The summed E-state index contributed by atoms with van der Waals surface area (Å²) in [5.41, 5.74) is 1.04. The number of hydrogen-bond donors (Lipinski definition) is 2. The summed E-state index contributed by atoms with van der Waals surface area (Å²) in [6.07, 6.45) is 4.62. The third-order valence-corrected chi connectivity index (χ3v) is 2.66. The van der Waals surface area contributed by atoms with Gasteiger partial charge in [-0.05, 0) is 13.0 Å². The predicted molar refractivity (Wildman–Crippen MR) is 63.3 cm³/mol. The molecule has 1 aromatic rings. The zero-order valence-corrected chi connectivity index (χ0v) is 10.1. The summed E-state index contributed by atoms with van der Waals surface area (Å²) < 4.78 is 1.73. The van der Waals surface area contributed by atoms with Crippen molar-refractivity contribution in [3.05, 3.63) is 18.0 Å². The molecule has 16 heavy (non-hydrogen) atoms. The van der Waals surface area contributed by atoms with Crippen LogP contribution in [0.2, 0.25) is 0 Å². The lowest BCUT2D eigenvalue weighted by molar-refractivity contribution is -0.124. The highest BCUT2D eigenvalue weighted by Crippen LogP contribution is 2.07. The Kier molecular flexibility index (Phi) is 4.76. The highest BCUT2D eigenvalue weighted by atomic mass is 35.5. The Morgan fingerprint density at radius 2 is 2.56 bits per heavy atom. The Balaban J connectivity index is 0.00000128. The average molecular weight is 245 g/mol. The van der Waals surface area contributed by atoms with Gasteiger partial charge >= 0.3 is 0 Å². The molecule has 0 radical (unpaired) electrons. The van der Waals surface area contributed by atoms with E-state index in [1.165, 1.54) is 0 Å². The lowest BCUT2D eigenvalue weighted by Crippen LogP contribution is -2.31. The monoisotopic (exact) mass is 244 g/mol. The van der Waals surface area contributed by atoms with Gasteiger partial charge in [-0.25, -0.2) is 0 Å². The lowest BCUT2D eigenvalue weighted by Gasteiger charge is -2.08. The molecule has 90 valence electrons. The van der Waals surface area contributed by atoms with Crippen LogP contribution in [0.5, 0.6) is 0 Å². The minimum atomic E-state index is 0. The van der Waals surface area contributed by atoms with Crippen LogP contribution in [0.3, 0.4) is 0 Å². The number of carbonyl (C=O) groups is 1. The highest BCUT2D eigenvalue weighted by molar-refractivity contribution is 5.85. The van der Waals surface area contributed by atoms with E-state index in [2.05, 4.69) is 15.7 Å². The first kappa shape index (κ1) is 13.0. The molecule has 0 unspecified atom stereocenters. The summed E-state index contributed by atoms with van der Waals surface area (Å²) in [5, 5.41) is 10.1. The molecule has 5 nitrogen and oxygen atoms in total. The van der Waals surface area contributed by atoms with Crippen molar-refractivity contribution in [3.8, 4) is 0 Å². The molecule has 1 saturated heterocycles. The van der Waals surface area contributed by atoms with Crippen LogP contribution in [0.25, 0.3) is 0 Å². The summed E-state index contributed by atoms with van der Waals surface area (Å²) in [6.45, 7) is 2.33. The first-order chi connectivity index (χ1) is 7.25. The number of carbonyl (C=O) groups excluding carboxylic acids is 1. The molecule has 1 atom stereocenters. The van der Waals surface area contributed by atoms with Gasteiger partial charge in [0.2, 0.25) is 5.91 Å². The van der Waals surface area contributed by atoms with Gasteiger partial charge in [-0.3, -0.25) is 9.48 Å². The van der Waals surface area contributed by atoms with Crippen LogP contribution in [-0.4, -0.2) is 28.8 Å². The van der Waals surface area contributed by atoms with Crippen LogP contribution in [0, 0.1) is 5.92 Å². The molecule has 1 aliphatic rings. The maximum Gasteiger partial charge on any atom is 0.224 e. The Morgan fingerprint density at radius 1 is 1.75 bits per heavy atom. The van der Waals surface area contributed by atoms with Crippen LogP contribution in [0.4, 0.5) is 0 Å². The van der Waals surface area contributed by atoms with E-state index in [0.717, 1.165) is 25.1 Å². The van der Waals surface area contributed by atoms with Gasteiger partial charge in [-0.2, -0.15) is 5.10 Å². The minimum absolute atomic E-state index is 0. The van der Waals surface area contributed by atoms with Crippen molar-refractivity contribution in [1.82, 2.24) is 20.4 Å². The van der Waals surface area contributed by atoms with Gasteiger partial charge < -0.3 is 10.6 Å². The molecule has 1 aliphatic heterocycles. The van der Waals surface area contributed by atoms with E-state index in [-0.39, 0.29) is 24.2 Å². The van der Waals surface area contributed by atoms with Crippen LogP contribution in [0.15, 0.2) is 12.4 Å². The van der Waals surface area contributed by atoms with Gasteiger partial charge in [-0.1, -0.05) is 0 Å². The fraction of sp³-hybridized carbons (Fsp3) is 0.600. The number of aromatic nitrogens is 2. The van der Waals surface area contributed by atoms with Crippen molar-refractivity contribution in [2.45, 2.75) is 13.0 Å². The van der Waals surface area contributed by atoms with Crippen molar-refractivity contribution in [2.75, 3.05) is 13.1 Å². The van der Waals surface area contributed by atoms with E-state index in [1.807, 2.05) is 13.2 Å². The molecular weight excluding hydrogens is 228 g/mol. The second-order valence-electron chi connectivity index (χ2n) is 3.93. The summed E-state index contributed by atoms with van der Waals surface area (Å²) in [6, 6.07) is 0. The van der Waals surface area contributed by atoms with Crippen LogP contribution in [-0.2, 0) is 18.4 Å². The highest BCUT2D eigenvalue weighted by Gasteiger charge is 2.21. The van der Waals surface area contributed by atoms with Crippen molar-refractivity contribution < 1.29 is 4.79 Å². The normalized spacial score (nSPS) is 19.2. The van der Waals surface area contributed by atoms with Crippen molar-refractivity contribution >= 4 is 18.3 Å². The van der Waals surface area contributed by atoms with Gasteiger partial charge in [0.1, 0.15) is 0 Å². The standard InChI is InChI=1S/C10H16N4O.ClH/c1-14-7-8(5-13-14)4-12-10(15)9-2-3-11-6-9;/h5,7,9,11H,2-4,6H2,1H3,(H,12,15);1H/t9-;/m0./s1. The summed E-state index contributed by atoms with van der Waals surface area (Å²) in [7, 11) is 1.87. The van der Waals surface area contributed by atoms with E-state index in [9.17, 15) is 4.79 Å². The van der Waals surface area contributed by atoms with Crippen molar-refractivity contribution in [2.24, 2.45) is 13.0 Å². The van der Waals surface area contributed by atoms with E-state index < -0.39 is 0 Å².